The Labute approximate surface area is 219 Å². The summed E-state index contributed by atoms with van der Waals surface area (Å²) in [4.78, 5) is 0. The van der Waals surface area contributed by atoms with Crippen molar-refractivity contribution >= 4 is 35.1 Å². The fraction of sp³-hybridized carbons (Fsp3) is 0.290. The summed E-state index contributed by atoms with van der Waals surface area (Å²) in [5.74, 6) is -1.44. The zero-order valence-corrected chi connectivity index (χ0v) is 26.7. The van der Waals surface area contributed by atoms with Crippen LogP contribution in [0.5, 0.6) is 0 Å². The van der Waals surface area contributed by atoms with Gasteiger partial charge in [-0.25, -0.2) is 0 Å². The molecule has 0 amide bonds. The van der Waals surface area contributed by atoms with Crippen LogP contribution in [0.3, 0.4) is 0 Å². The molecule has 0 saturated carbocycles. The standard InChI is InChI=1S/C20H21.C9H7.C2H7Si.2ClH.Zr/c1-14-12-16-6-5-7-18(19(16)13-14)15-8-10-17(11-9-15)20(2,3)4;1-2-5-9-7-3-6-8(9)4-1;1-3-2;;;/h5-13H,1-4H3;1-7H;3H,1-2H3;2*1H;/q;;;;;+2/p-2. The molecule has 2 aliphatic rings. The molecule has 2 unspecified atom stereocenters. The fourth-order valence-corrected chi connectivity index (χ4v) is 36.5. The van der Waals surface area contributed by atoms with Crippen LogP contribution in [0.25, 0.3) is 23.3 Å². The normalized spacial score (nSPS) is 20.4. The van der Waals surface area contributed by atoms with Crippen LogP contribution in [-0.4, -0.2) is 5.92 Å². The molecule has 3 aromatic carbocycles. The zero-order valence-electron chi connectivity index (χ0n) is 21.6. The summed E-state index contributed by atoms with van der Waals surface area (Å²) in [7, 11) is 16.2. The zero-order chi connectivity index (χ0) is 25.2. The first-order valence-electron chi connectivity index (χ1n) is 12.7. The van der Waals surface area contributed by atoms with Crippen molar-refractivity contribution in [3.8, 4) is 11.1 Å². The number of benzene rings is 3. The van der Waals surface area contributed by atoms with Crippen LogP contribution in [0.4, 0.5) is 0 Å². The Morgan fingerprint density at radius 2 is 1.49 bits per heavy atom. The molecule has 4 heteroatoms. The molecule has 3 aromatic rings. The van der Waals surface area contributed by atoms with Gasteiger partial charge in [-0.3, -0.25) is 0 Å². The van der Waals surface area contributed by atoms with Gasteiger partial charge in [0.05, 0.1) is 0 Å². The number of fused-ring (bicyclic) bond motifs is 2. The summed E-state index contributed by atoms with van der Waals surface area (Å²) in [5, 5.41) is 0. The average Bonchev–Trinajstić information content (AvgIpc) is 3.40. The molecule has 0 fully saturated rings. The molecule has 35 heavy (non-hydrogen) atoms. The molecule has 0 spiro atoms. The van der Waals surface area contributed by atoms with E-state index in [-0.39, 0.29) is 12.7 Å². The number of allylic oxidation sites excluding steroid dienone is 2. The molecule has 0 aromatic heterocycles. The van der Waals surface area contributed by atoms with E-state index < -0.39 is 21.5 Å². The fourth-order valence-electron chi connectivity index (χ4n) is 6.29. The topological polar surface area (TPSA) is 0 Å². The molecular weight excluding hydrogens is 563 g/mol. The summed E-state index contributed by atoms with van der Waals surface area (Å²) in [5.41, 5.74) is 10.6. The van der Waals surface area contributed by atoms with Crippen LogP contribution in [0.15, 0.2) is 78.4 Å². The van der Waals surface area contributed by atoms with Gasteiger partial charge in [0.1, 0.15) is 0 Å². The van der Waals surface area contributed by atoms with Crippen LogP contribution in [-0.2, 0) is 21.0 Å². The molecule has 0 nitrogen and oxygen atoms in total. The molecule has 0 aliphatic heterocycles. The summed E-state index contributed by atoms with van der Waals surface area (Å²) < 4.78 is 0.313. The van der Waals surface area contributed by atoms with Crippen LogP contribution in [0.1, 0.15) is 62.8 Å². The van der Waals surface area contributed by atoms with E-state index in [2.05, 4.69) is 126 Å². The molecule has 5 rings (SSSR count). The number of halogens is 2. The van der Waals surface area contributed by atoms with Crippen molar-refractivity contribution in [3.05, 3.63) is 106 Å². The van der Waals surface area contributed by atoms with Gasteiger partial charge >= 0.3 is 221 Å². The van der Waals surface area contributed by atoms with E-state index in [1.807, 2.05) is 0 Å². The van der Waals surface area contributed by atoms with Gasteiger partial charge in [0, 0.05) is 0 Å². The summed E-state index contributed by atoms with van der Waals surface area (Å²) >= 11 is -4.44. The monoisotopic (exact) mass is 595 g/mol. The van der Waals surface area contributed by atoms with E-state index in [1.165, 1.54) is 44.5 Å². The third-order valence-corrected chi connectivity index (χ3v) is 60.6. The molecule has 0 N–H and O–H groups in total. The van der Waals surface area contributed by atoms with Gasteiger partial charge < -0.3 is 0 Å². The Morgan fingerprint density at radius 3 is 2.14 bits per heavy atom. The summed E-state index contributed by atoms with van der Waals surface area (Å²) in [6, 6.07) is 24.5. The Balaban J connectivity index is 1.66. The minimum atomic E-state index is -4.44. The minimum absolute atomic E-state index is 0.142. The molecular formula is C31H35Cl2SiZr. The van der Waals surface area contributed by atoms with Gasteiger partial charge in [0.2, 0.25) is 0 Å². The van der Waals surface area contributed by atoms with Gasteiger partial charge in [0.15, 0.2) is 0 Å². The predicted molar refractivity (Wildman–Crippen MR) is 156 cm³/mol. The van der Waals surface area contributed by atoms with Gasteiger partial charge in [-0.1, -0.05) is 0 Å². The molecule has 0 saturated heterocycles. The number of hydrogen-bond donors (Lipinski definition) is 0. The maximum absolute atomic E-state index is 8.11. The van der Waals surface area contributed by atoms with E-state index in [0.717, 1.165) is 0 Å². The summed E-state index contributed by atoms with van der Waals surface area (Å²) in [6.07, 6.45) is 6.96. The van der Waals surface area contributed by atoms with Crippen molar-refractivity contribution in [1.29, 1.82) is 0 Å². The van der Waals surface area contributed by atoms with Crippen molar-refractivity contribution in [3.63, 3.8) is 0 Å². The molecule has 0 radical (unpaired) electrons. The first-order valence-corrected chi connectivity index (χ1v) is 29.0. The maximum atomic E-state index is 8.11. The number of rotatable bonds is 4. The third-order valence-electron chi connectivity index (χ3n) is 8.39. The Hall–Kier alpha value is -1.18. The molecule has 2 aliphatic carbocycles. The Kier molecular flexibility index (Phi) is 6.33. The molecule has 0 bridgehead atoms. The molecule has 0 heterocycles. The summed E-state index contributed by atoms with van der Waals surface area (Å²) in [6.45, 7) is 13.8. The van der Waals surface area contributed by atoms with Crippen LogP contribution >= 0.6 is 17.0 Å². The van der Waals surface area contributed by atoms with Gasteiger partial charge in [0.25, 0.3) is 0 Å². The first kappa shape index (κ1) is 25.5. The van der Waals surface area contributed by atoms with Crippen molar-refractivity contribution in [2.24, 2.45) is 0 Å². The van der Waals surface area contributed by atoms with Crippen molar-refractivity contribution in [2.75, 3.05) is 0 Å². The SMILES string of the molecule is CC1=Cc2c(-c3ccc(C(C)(C)C)cc3)cccc2[CH]1[Zr]([Cl])([Cl])([CH]1C=Cc2ccccc21)[SiH](C)C. The van der Waals surface area contributed by atoms with Crippen molar-refractivity contribution in [1.82, 2.24) is 0 Å². The van der Waals surface area contributed by atoms with E-state index in [4.69, 9.17) is 17.0 Å². The van der Waals surface area contributed by atoms with Gasteiger partial charge in [-0.05, 0) is 0 Å². The third kappa shape index (κ3) is 3.95. The van der Waals surface area contributed by atoms with Gasteiger partial charge in [-0.15, -0.1) is 0 Å². The molecule has 2 atom stereocenters. The second kappa shape index (κ2) is 8.70. The van der Waals surface area contributed by atoms with E-state index in [9.17, 15) is 0 Å². The second-order valence-corrected chi connectivity index (χ2v) is 54.4. The van der Waals surface area contributed by atoms with Crippen molar-refractivity contribution in [2.45, 2.75) is 53.5 Å². The first-order chi connectivity index (χ1) is 16.4. The van der Waals surface area contributed by atoms with E-state index >= 15 is 0 Å². The quantitative estimate of drug-likeness (QED) is 0.263. The van der Waals surface area contributed by atoms with Crippen LogP contribution in [0.2, 0.25) is 13.1 Å². The Bertz CT molecular complexity index is 1360. The number of hydrogen-bond acceptors (Lipinski definition) is 0. The predicted octanol–water partition coefficient (Wildman–Crippen LogP) is 9.86. The van der Waals surface area contributed by atoms with Crippen molar-refractivity contribution < 1.29 is 15.6 Å². The van der Waals surface area contributed by atoms with Gasteiger partial charge in [-0.2, -0.15) is 0 Å². The van der Waals surface area contributed by atoms with Crippen LogP contribution in [0, 0.1) is 0 Å². The Morgan fingerprint density at radius 1 is 0.829 bits per heavy atom. The van der Waals surface area contributed by atoms with Crippen LogP contribution < -0.4 is 0 Å². The van der Waals surface area contributed by atoms with E-state index in [1.54, 1.807) is 0 Å². The molecule has 181 valence electrons. The second-order valence-electron chi connectivity index (χ2n) is 11.8. The average molecular weight is 598 g/mol. The van der Waals surface area contributed by atoms with E-state index in [0.29, 0.717) is 0 Å².